The molecule has 42 heavy (non-hydrogen) atoms. The average Bonchev–Trinajstić information content (AvgIpc) is 3.46. The summed E-state index contributed by atoms with van der Waals surface area (Å²) >= 11 is 0. The third-order valence-corrected chi connectivity index (χ3v) is 9.03. The van der Waals surface area contributed by atoms with E-state index < -0.39 is 0 Å². The van der Waals surface area contributed by atoms with Crippen molar-refractivity contribution in [2.75, 3.05) is 4.90 Å². The predicted molar refractivity (Wildman–Crippen MR) is 173 cm³/mol. The standard InChI is InChI=1S/C40H29NO/c1-40(2)34-20-10-8-17-30(34)31-24-23-27(25-35(31)40)41(36-21-11-9-15-28(36)26-13-4-3-5-14-26)37-22-12-19-32-29-16-6-7-18-33(29)39(42)38(32)37/h3-25H,1-2H3. The van der Waals surface area contributed by atoms with Gasteiger partial charge in [0.1, 0.15) is 0 Å². The Morgan fingerprint density at radius 2 is 1.07 bits per heavy atom. The van der Waals surface area contributed by atoms with Gasteiger partial charge in [0.2, 0.25) is 0 Å². The molecule has 0 saturated heterocycles. The fourth-order valence-electron chi connectivity index (χ4n) is 7.01. The van der Waals surface area contributed by atoms with Crippen LogP contribution in [0.3, 0.4) is 0 Å². The average molecular weight is 540 g/mol. The molecule has 0 amide bonds. The molecule has 0 heterocycles. The Kier molecular flexibility index (Phi) is 5.36. The van der Waals surface area contributed by atoms with Crippen molar-refractivity contribution in [2.45, 2.75) is 19.3 Å². The van der Waals surface area contributed by atoms with E-state index in [1.54, 1.807) is 0 Å². The van der Waals surface area contributed by atoms with Crippen molar-refractivity contribution < 1.29 is 4.79 Å². The Morgan fingerprint density at radius 3 is 1.88 bits per heavy atom. The summed E-state index contributed by atoms with van der Waals surface area (Å²) < 4.78 is 0. The van der Waals surface area contributed by atoms with Gasteiger partial charge in [-0.1, -0.05) is 129 Å². The number of nitrogens with zero attached hydrogens (tertiary/aromatic N) is 1. The zero-order valence-corrected chi connectivity index (χ0v) is 23.6. The molecule has 0 fully saturated rings. The predicted octanol–water partition coefficient (Wildman–Crippen LogP) is 10.3. The van der Waals surface area contributed by atoms with Gasteiger partial charge < -0.3 is 4.90 Å². The zero-order valence-electron chi connectivity index (χ0n) is 23.6. The van der Waals surface area contributed by atoms with Gasteiger partial charge in [-0.15, -0.1) is 0 Å². The van der Waals surface area contributed by atoms with Gasteiger partial charge in [0.05, 0.1) is 16.9 Å². The van der Waals surface area contributed by atoms with Gasteiger partial charge in [-0.25, -0.2) is 0 Å². The molecule has 0 aliphatic heterocycles. The normalized spacial score (nSPS) is 13.7. The van der Waals surface area contributed by atoms with Crippen LogP contribution in [0.1, 0.15) is 40.9 Å². The van der Waals surface area contributed by atoms with E-state index in [4.69, 9.17) is 0 Å². The number of hydrogen-bond donors (Lipinski definition) is 0. The molecule has 0 bridgehead atoms. The first-order valence-corrected chi connectivity index (χ1v) is 14.5. The largest absolute Gasteiger partial charge is 0.309 e. The minimum atomic E-state index is -0.142. The number of rotatable bonds is 4. The lowest BCUT2D eigenvalue weighted by atomic mass is 9.82. The summed E-state index contributed by atoms with van der Waals surface area (Å²) in [6, 6.07) is 48.7. The molecule has 2 nitrogen and oxygen atoms in total. The number of anilines is 3. The van der Waals surface area contributed by atoms with E-state index in [-0.39, 0.29) is 11.2 Å². The first-order valence-electron chi connectivity index (χ1n) is 14.5. The maximum atomic E-state index is 14.0. The maximum Gasteiger partial charge on any atom is 0.196 e. The first kappa shape index (κ1) is 24.6. The van der Waals surface area contributed by atoms with Crippen molar-refractivity contribution in [3.05, 3.63) is 162 Å². The van der Waals surface area contributed by atoms with Crippen LogP contribution >= 0.6 is 0 Å². The maximum absolute atomic E-state index is 14.0. The Bertz CT molecular complexity index is 2040. The van der Waals surface area contributed by atoms with Crippen LogP contribution in [0.4, 0.5) is 17.1 Å². The second-order valence-corrected chi connectivity index (χ2v) is 11.7. The molecule has 0 N–H and O–H groups in total. The Labute approximate surface area is 246 Å². The van der Waals surface area contributed by atoms with Crippen molar-refractivity contribution in [1.82, 2.24) is 0 Å². The van der Waals surface area contributed by atoms with E-state index in [2.05, 4.69) is 134 Å². The summed E-state index contributed by atoms with van der Waals surface area (Å²) in [7, 11) is 0. The van der Waals surface area contributed by atoms with Gasteiger partial charge >= 0.3 is 0 Å². The minimum Gasteiger partial charge on any atom is -0.309 e. The van der Waals surface area contributed by atoms with Crippen LogP contribution in [0.15, 0.2) is 140 Å². The quantitative estimate of drug-likeness (QED) is 0.222. The summed E-state index contributed by atoms with van der Waals surface area (Å²) in [4.78, 5) is 16.3. The fourth-order valence-corrected chi connectivity index (χ4v) is 7.01. The van der Waals surface area contributed by atoms with Crippen LogP contribution in [-0.2, 0) is 5.41 Å². The number of benzene rings is 6. The molecular formula is C40H29NO. The van der Waals surface area contributed by atoms with Crippen molar-refractivity contribution in [3.8, 4) is 33.4 Å². The van der Waals surface area contributed by atoms with Gasteiger partial charge in [0.15, 0.2) is 5.78 Å². The summed E-state index contributed by atoms with van der Waals surface area (Å²) in [6.45, 7) is 4.62. The van der Waals surface area contributed by atoms with Crippen LogP contribution in [-0.4, -0.2) is 5.78 Å². The summed E-state index contributed by atoms with van der Waals surface area (Å²) in [5.74, 6) is 0.0762. The smallest absolute Gasteiger partial charge is 0.196 e. The number of hydrogen-bond acceptors (Lipinski definition) is 2. The zero-order chi connectivity index (χ0) is 28.4. The fraction of sp³-hybridized carbons (Fsp3) is 0.0750. The van der Waals surface area contributed by atoms with Gasteiger partial charge in [-0.05, 0) is 63.2 Å². The van der Waals surface area contributed by atoms with Gasteiger partial charge in [-0.3, -0.25) is 4.79 Å². The van der Waals surface area contributed by atoms with Crippen LogP contribution in [0.25, 0.3) is 33.4 Å². The van der Waals surface area contributed by atoms with E-state index in [1.165, 1.54) is 22.3 Å². The third-order valence-electron chi connectivity index (χ3n) is 9.03. The first-order chi connectivity index (χ1) is 20.5. The topological polar surface area (TPSA) is 20.3 Å². The van der Waals surface area contributed by atoms with Gasteiger partial charge in [0, 0.05) is 22.2 Å². The second kappa shape index (κ2) is 9.15. The highest BCUT2D eigenvalue weighted by molar-refractivity contribution is 6.25. The lowest BCUT2D eigenvalue weighted by molar-refractivity contribution is 0.104. The molecule has 2 aliphatic rings. The van der Waals surface area contributed by atoms with Crippen LogP contribution < -0.4 is 4.90 Å². The molecular weight excluding hydrogens is 510 g/mol. The third kappa shape index (κ3) is 3.48. The summed E-state index contributed by atoms with van der Waals surface area (Å²) in [5.41, 5.74) is 13.8. The number of ketones is 1. The van der Waals surface area contributed by atoms with Crippen LogP contribution in [0.5, 0.6) is 0 Å². The molecule has 6 aromatic rings. The summed E-state index contributed by atoms with van der Waals surface area (Å²) in [5, 5.41) is 0. The van der Waals surface area contributed by atoms with E-state index >= 15 is 0 Å². The molecule has 0 spiro atoms. The molecule has 6 aromatic carbocycles. The lowest BCUT2D eigenvalue weighted by Gasteiger charge is -2.31. The molecule has 2 heteroatoms. The number of carbonyl (C=O) groups excluding carboxylic acids is 1. The minimum absolute atomic E-state index is 0.0762. The number of para-hydroxylation sites is 1. The second-order valence-electron chi connectivity index (χ2n) is 11.7. The number of carbonyl (C=O) groups is 1. The monoisotopic (exact) mass is 539 g/mol. The Hall–Kier alpha value is -5.21. The molecule has 2 aliphatic carbocycles. The van der Waals surface area contributed by atoms with Crippen molar-refractivity contribution in [1.29, 1.82) is 0 Å². The number of fused-ring (bicyclic) bond motifs is 6. The molecule has 8 rings (SSSR count). The van der Waals surface area contributed by atoms with Crippen molar-refractivity contribution in [2.24, 2.45) is 0 Å². The van der Waals surface area contributed by atoms with E-state index in [0.29, 0.717) is 0 Å². The van der Waals surface area contributed by atoms with Crippen molar-refractivity contribution in [3.63, 3.8) is 0 Å². The van der Waals surface area contributed by atoms with Crippen LogP contribution in [0, 0.1) is 0 Å². The molecule has 0 saturated carbocycles. The summed E-state index contributed by atoms with van der Waals surface area (Å²) in [6.07, 6.45) is 0. The molecule has 0 radical (unpaired) electrons. The van der Waals surface area contributed by atoms with Crippen LogP contribution in [0.2, 0.25) is 0 Å². The van der Waals surface area contributed by atoms with Crippen molar-refractivity contribution >= 4 is 22.8 Å². The molecule has 0 unspecified atom stereocenters. The van der Waals surface area contributed by atoms with E-state index in [9.17, 15) is 4.79 Å². The molecule has 0 aromatic heterocycles. The highest BCUT2D eigenvalue weighted by Gasteiger charge is 2.37. The Balaban J connectivity index is 1.40. The van der Waals surface area contributed by atoms with Gasteiger partial charge in [0.25, 0.3) is 0 Å². The van der Waals surface area contributed by atoms with E-state index in [0.717, 1.165) is 50.4 Å². The molecule has 0 atom stereocenters. The lowest BCUT2D eigenvalue weighted by Crippen LogP contribution is -2.18. The highest BCUT2D eigenvalue weighted by atomic mass is 16.1. The highest BCUT2D eigenvalue weighted by Crippen LogP contribution is 2.52. The Morgan fingerprint density at radius 1 is 0.476 bits per heavy atom. The van der Waals surface area contributed by atoms with E-state index in [1.807, 2.05) is 24.3 Å². The SMILES string of the molecule is CC1(C)c2ccccc2-c2ccc(N(c3ccccc3-c3ccccc3)c3cccc4c3C(=O)c3ccccc3-4)cc21. The van der Waals surface area contributed by atoms with Gasteiger partial charge in [-0.2, -0.15) is 0 Å². The molecule has 200 valence electrons.